The van der Waals surface area contributed by atoms with Crippen molar-refractivity contribution in [2.24, 2.45) is 0 Å². The first-order valence-electron chi connectivity index (χ1n) is 9.92. The summed E-state index contributed by atoms with van der Waals surface area (Å²) in [4.78, 5) is 10.4. The molecule has 0 aliphatic rings. The van der Waals surface area contributed by atoms with E-state index in [9.17, 15) is 8.53 Å². The van der Waals surface area contributed by atoms with Gasteiger partial charge in [-0.2, -0.15) is 0 Å². The average molecular weight is 436 g/mol. The van der Waals surface area contributed by atoms with Crippen LogP contribution in [0.4, 0.5) is 0 Å². The van der Waals surface area contributed by atoms with Crippen LogP contribution in [0, 0.1) is 0 Å². The van der Waals surface area contributed by atoms with Crippen molar-refractivity contribution in [2.75, 3.05) is 0 Å². The molecule has 152 valence electrons. The van der Waals surface area contributed by atoms with E-state index in [1.54, 1.807) is 0 Å². The maximum absolute atomic E-state index is 11.6. The third-order valence-electron chi connectivity index (χ3n) is 3.73. The molecule has 0 unspecified atom stereocenters. The van der Waals surface area contributed by atoms with E-state index in [1.165, 1.54) is 0 Å². The Labute approximate surface area is 168 Å². The van der Waals surface area contributed by atoms with Gasteiger partial charge in [0, 0.05) is 6.42 Å². The molecule has 0 amide bonds. The van der Waals surface area contributed by atoms with Crippen LogP contribution in [0.2, 0.25) is 16.6 Å². The topological polar surface area (TPSA) is 54.4 Å². The van der Waals surface area contributed by atoms with Crippen LogP contribution < -0.4 is 0 Å². The number of carboxylic acid groups (broad SMARTS) is 1. The minimum atomic E-state index is -2.48. The summed E-state index contributed by atoms with van der Waals surface area (Å²) in [6.07, 6.45) is 29.4. The molecule has 0 fully saturated rings. The van der Waals surface area contributed by atoms with Crippen molar-refractivity contribution >= 4 is 19.5 Å². The second-order valence-corrected chi connectivity index (χ2v) is 14.4. The van der Waals surface area contributed by atoms with Gasteiger partial charge >= 0.3 is 108 Å². The number of carbonyl (C=O) groups is 1. The van der Waals surface area contributed by atoms with E-state index in [-0.39, 0.29) is 6.42 Å². The number of hydrogen-bond acceptors (Lipinski definition) is 2. The van der Waals surface area contributed by atoms with Gasteiger partial charge in [0.25, 0.3) is 0 Å². The van der Waals surface area contributed by atoms with Gasteiger partial charge < -0.3 is 5.11 Å². The maximum atomic E-state index is 11.6. The molecule has 0 spiro atoms. The fourth-order valence-electron chi connectivity index (χ4n) is 2.25. The molecule has 0 atom stereocenters. The quantitative estimate of drug-likeness (QED) is 0.161. The molecule has 0 aliphatic heterocycles. The van der Waals surface area contributed by atoms with Crippen LogP contribution in [0.5, 0.6) is 0 Å². The summed E-state index contributed by atoms with van der Waals surface area (Å²) in [6, 6.07) is 0. The van der Waals surface area contributed by atoms with E-state index in [2.05, 4.69) is 54.7 Å². The Morgan fingerprint density at radius 1 is 0.704 bits per heavy atom. The van der Waals surface area contributed by atoms with E-state index in [0.717, 1.165) is 56.6 Å². The molecule has 0 saturated carbocycles. The zero-order chi connectivity index (χ0) is 20.2. The standard InChI is InChI=1S/C23H37AsO3/c1-24(2,27)22-20-18-16-14-12-10-8-6-4-3-5-7-9-11-13-15-17-19-21-23(25)26/h3,5-6,8-9,11-12,14,18,20H,4,7,10,13,15-17,19,21-22H2,1-2H3,(H,25,26)/b5-3-,8-6-,11-9-,14-12-,20-18-. The Bertz CT molecular complexity index is 562. The Morgan fingerprint density at radius 2 is 1.15 bits per heavy atom. The van der Waals surface area contributed by atoms with Crippen molar-refractivity contribution in [3.05, 3.63) is 60.8 Å². The van der Waals surface area contributed by atoms with Gasteiger partial charge in [-0.1, -0.05) is 18.6 Å². The number of aliphatic carboxylic acids is 1. The Hall–Kier alpha value is -1.47. The molecule has 0 aromatic carbocycles. The van der Waals surface area contributed by atoms with E-state index < -0.39 is 19.5 Å². The molecule has 27 heavy (non-hydrogen) atoms. The molecule has 0 aliphatic carbocycles. The van der Waals surface area contributed by atoms with Crippen LogP contribution in [0.15, 0.2) is 60.8 Å². The van der Waals surface area contributed by atoms with Gasteiger partial charge in [-0.15, -0.1) is 0 Å². The summed E-state index contributed by atoms with van der Waals surface area (Å²) >= 11 is -2.48. The first kappa shape index (κ1) is 25.5. The molecule has 0 aromatic rings. The van der Waals surface area contributed by atoms with Crippen LogP contribution in [0.1, 0.15) is 57.8 Å². The van der Waals surface area contributed by atoms with Crippen LogP contribution in [-0.2, 0) is 8.53 Å². The molecule has 0 bridgehead atoms. The van der Waals surface area contributed by atoms with Gasteiger partial charge in [-0.25, -0.2) is 0 Å². The third-order valence-corrected chi connectivity index (χ3v) is 6.02. The van der Waals surface area contributed by atoms with Crippen molar-refractivity contribution in [1.82, 2.24) is 0 Å². The van der Waals surface area contributed by atoms with Gasteiger partial charge in [0.1, 0.15) is 0 Å². The second-order valence-electron chi connectivity index (χ2n) is 7.05. The molecular weight excluding hydrogens is 399 g/mol. The third kappa shape index (κ3) is 24.5. The molecule has 0 saturated heterocycles. The predicted octanol–water partition coefficient (Wildman–Crippen LogP) is 7.00. The van der Waals surface area contributed by atoms with E-state index in [0.29, 0.717) is 0 Å². The Kier molecular flexibility index (Phi) is 16.9. The summed E-state index contributed by atoms with van der Waals surface area (Å²) in [6.45, 7) is 0. The van der Waals surface area contributed by atoms with Crippen LogP contribution in [-0.4, -0.2) is 24.6 Å². The second kappa shape index (κ2) is 17.9. The van der Waals surface area contributed by atoms with Crippen molar-refractivity contribution in [2.45, 2.75) is 74.4 Å². The molecule has 0 radical (unpaired) electrons. The zero-order valence-corrected chi connectivity index (χ0v) is 18.9. The van der Waals surface area contributed by atoms with Crippen molar-refractivity contribution in [3.8, 4) is 0 Å². The van der Waals surface area contributed by atoms with Crippen molar-refractivity contribution in [3.63, 3.8) is 0 Å². The van der Waals surface area contributed by atoms with Gasteiger partial charge in [0.05, 0.1) is 0 Å². The fraction of sp³-hybridized carbons (Fsp3) is 0.522. The molecule has 0 aromatic heterocycles. The molecule has 4 heteroatoms. The van der Waals surface area contributed by atoms with Crippen LogP contribution in [0.25, 0.3) is 0 Å². The summed E-state index contributed by atoms with van der Waals surface area (Å²) in [5, 5.41) is 9.29. The SMILES string of the molecule is C[As](C)(=O)C/C=C\C/C=C\C/C=C\C/C=C\C/C=C\CCCCCC(=O)O. The number of hydrogen-bond donors (Lipinski definition) is 1. The molecular formula is C23H37AsO3. The van der Waals surface area contributed by atoms with E-state index >= 15 is 0 Å². The summed E-state index contributed by atoms with van der Waals surface area (Å²) in [5.41, 5.74) is 3.75. The number of unbranched alkanes of at least 4 members (excludes halogenated alkanes) is 3. The number of rotatable bonds is 16. The number of carboxylic acids is 1. The molecule has 0 heterocycles. The predicted molar refractivity (Wildman–Crippen MR) is 118 cm³/mol. The molecule has 3 nitrogen and oxygen atoms in total. The monoisotopic (exact) mass is 436 g/mol. The van der Waals surface area contributed by atoms with Crippen LogP contribution >= 0.6 is 0 Å². The van der Waals surface area contributed by atoms with Crippen molar-refractivity contribution in [1.29, 1.82) is 0 Å². The molecule has 0 rings (SSSR count). The Morgan fingerprint density at radius 3 is 1.59 bits per heavy atom. The fourth-order valence-corrected chi connectivity index (χ4v) is 3.62. The Balaban J connectivity index is 3.52. The van der Waals surface area contributed by atoms with Crippen molar-refractivity contribution < 1.29 is 13.6 Å². The van der Waals surface area contributed by atoms with Gasteiger partial charge in [-0.3, -0.25) is 4.79 Å². The van der Waals surface area contributed by atoms with Gasteiger partial charge in [-0.05, 0) is 25.7 Å². The minimum Gasteiger partial charge on any atom is -0.481 e. The summed E-state index contributed by atoms with van der Waals surface area (Å²) < 4.78 is 11.6. The average Bonchev–Trinajstić information content (AvgIpc) is 2.58. The minimum absolute atomic E-state index is 0.287. The zero-order valence-electron chi connectivity index (χ0n) is 17.1. The normalized spacial score (nSPS) is 13.3. The summed E-state index contributed by atoms with van der Waals surface area (Å²) in [7, 11) is 0. The van der Waals surface area contributed by atoms with Crippen LogP contribution in [0.3, 0.4) is 0 Å². The van der Waals surface area contributed by atoms with E-state index in [1.807, 2.05) is 17.5 Å². The smallest absolute Gasteiger partial charge is 0.481 e. The first-order valence-corrected chi connectivity index (χ1v) is 15.8. The van der Waals surface area contributed by atoms with Gasteiger partial charge in [0.15, 0.2) is 0 Å². The van der Waals surface area contributed by atoms with Gasteiger partial charge in [0.2, 0.25) is 0 Å². The number of allylic oxidation sites excluding steroid dienone is 10. The molecule has 1 N–H and O–H groups in total. The van der Waals surface area contributed by atoms with E-state index in [4.69, 9.17) is 5.11 Å². The first-order chi connectivity index (χ1) is 12.9. The summed E-state index contributed by atoms with van der Waals surface area (Å²) in [5.74, 6) is -0.698.